The summed E-state index contributed by atoms with van der Waals surface area (Å²) >= 11 is 0. The quantitative estimate of drug-likeness (QED) is 0.640. The number of amides is 1. The van der Waals surface area contributed by atoms with Gasteiger partial charge in [-0.15, -0.1) is 0 Å². The maximum Gasteiger partial charge on any atom is 0.255 e. The lowest BCUT2D eigenvalue weighted by atomic mass is 9.48. The number of benzene rings is 1. The van der Waals surface area contributed by atoms with Crippen LogP contribution >= 0.6 is 0 Å². The van der Waals surface area contributed by atoms with Crippen molar-refractivity contribution in [3.05, 3.63) is 47.8 Å². The van der Waals surface area contributed by atoms with Gasteiger partial charge in [-0.3, -0.25) is 4.79 Å². The zero-order valence-corrected chi connectivity index (χ0v) is 18.6. The van der Waals surface area contributed by atoms with Crippen LogP contribution in [0.2, 0.25) is 0 Å². The lowest BCUT2D eigenvalue weighted by Crippen LogP contribution is -2.49. The van der Waals surface area contributed by atoms with Gasteiger partial charge in [0.1, 0.15) is 0 Å². The van der Waals surface area contributed by atoms with Crippen molar-refractivity contribution >= 4 is 5.91 Å². The minimum atomic E-state index is 0.111. The predicted octanol–water partition coefficient (Wildman–Crippen LogP) is 5.79. The minimum Gasteiger partial charge on any atom is -0.349 e. The highest BCUT2D eigenvalue weighted by Crippen LogP contribution is 2.60. The summed E-state index contributed by atoms with van der Waals surface area (Å²) in [6.45, 7) is 0. The molecule has 4 nitrogen and oxygen atoms in total. The van der Waals surface area contributed by atoms with E-state index >= 15 is 0 Å². The molecule has 7 rings (SSSR count). The molecule has 1 heterocycles. The maximum absolute atomic E-state index is 13.6. The van der Waals surface area contributed by atoms with Gasteiger partial charge in [0, 0.05) is 17.7 Å². The molecule has 2 aromatic rings. The number of carbonyl (C=O) groups excluding carboxylic acids is 1. The average Bonchev–Trinajstić information content (AvgIpc) is 3.07. The third kappa shape index (κ3) is 3.62. The van der Waals surface area contributed by atoms with Gasteiger partial charge in [0.05, 0.1) is 16.9 Å². The number of para-hydroxylation sites is 1. The van der Waals surface area contributed by atoms with E-state index in [-0.39, 0.29) is 11.3 Å². The molecule has 31 heavy (non-hydrogen) atoms. The first-order valence-corrected chi connectivity index (χ1v) is 12.6. The summed E-state index contributed by atoms with van der Waals surface area (Å²) in [4.78, 5) is 13.6. The molecular weight excluding hydrogens is 382 g/mol. The molecule has 5 aliphatic rings. The summed E-state index contributed by atoms with van der Waals surface area (Å²) in [5.74, 6) is 2.63. The number of rotatable bonds is 4. The molecule has 4 heteroatoms. The molecule has 0 aliphatic heterocycles. The molecule has 1 aromatic heterocycles. The first kappa shape index (κ1) is 19.6. The largest absolute Gasteiger partial charge is 0.349 e. The van der Waals surface area contributed by atoms with Crippen LogP contribution in [0.4, 0.5) is 0 Å². The topological polar surface area (TPSA) is 46.9 Å². The number of nitrogens with one attached hydrogen (secondary N) is 1. The van der Waals surface area contributed by atoms with Crippen molar-refractivity contribution in [3.8, 4) is 5.69 Å². The van der Waals surface area contributed by atoms with E-state index in [4.69, 9.17) is 5.10 Å². The molecular formula is C27H35N3O. The monoisotopic (exact) mass is 417 g/mol. The summed E-state index contributed by atoms with van der Waals surface area (Å²) in [6, 6.07) is 10.6. The van der Waals surface area contributed by atoms with Crippen LogP contribution in [0.15, 0.2) is 36.5 Å². The molecule has 5 fully saturated rings. The second-order valence-electron chi connectivity index (χ2n) is 11.0. The van der Waals surface area contributed by atoms with Gasteiger partial charge in [0.15, 0.2) is 0 Å². The molecule has 1 aromatic carbocycles. The summed E-state index contributed by atoms with van der Waals surface area (Å²) in [5, 5.41) is 8.58. The Labute approximate surface area is 185 Å². The second kappa shape index (κ2) is 7.79. The summed E-state index contributed by atoms with van der Waals surface area (Å²) in [5.41, 5.74) is 3.10. The summed E-state index contributed by atoms with van der Waals surface area (Å²) in [7, 11) is 0. The molecule has 0 radical (unpaired) electrons. The zero-order chi connectivity index (χ0) is 20.8. The number of nitrogens with zero attached hydrogens (tertiary/aromatic N) is 2. The van der Waals surface area contributed by atoms with Crippen LogP contribution in [0.1, 0.15) is 93.1 Å². The third-order valence-electron chi connectivity index (χ3n) is 8.71. The normalized spacial score (nSPS) is 32.7. The van der Waals surface area contributed by atoms with Crippen molar-refractivity contribution in [2.24, 2.45) is 17.8 Å². The van der Waals surface area contributed by atoms with Gasteiger partial charge < -0.3 is 5.32 Å². The highest BCUT2D eigenvalue weighted by Gasteiger charge is 2.54. The minimum absolute atomic E-state index is 0.111. The van der Waals surface area contributed by atoms with Crippen LogP contribution in [0.5, 0.6) is 0 Å². The Kier molecular flexibility index (Phi) is 4.92. The van der Waals surface area contributed by atoms with E-state index in [0.29, 0.717) is 6.04 Å². The van der Waals surface area contributed by atoms with Gasteiger partial charge in [0.2, 0.25) is 0 Å². The summed E-state index contributed by atoms with van der Waals surface area (Å²) < 4.78 is 1.97. The van der Waals surface area contributed by atoms with Crippen LogP contribution in [-0.4, -0.2) is 21.7 Å². The van der Waals surface area contributed by atoms with E-state index < -0.39 is 0 Å². The number of aromatic nitrogens is 2. The van der Waals surface area contributed by atoms with E-state index in [2.05, 4.69) is 17.4 Å². The van der Waals surface area contributed by atoms with Crippen molar-refractivity contribution in [1.82, 2.24) is 15.1 Å². The van der Waals surface area contributed by atoms with Crippen molar-refractivity contribution in [2.75, 3.05) is 0 Å². The molecule has 0 atom stereocenters. The smallest absolute Gasteiger partial charge is 0.255 e. The Morgan fingerprint density at radius 3 is 2.13 bits per heavy atom. The van der Waals surface area contributed by atoms with Crippen LogP contribution < -0.4 is 5.32 Å². The van der Waals surface area contributed by atoms with E-state index in [1.165, 1.54) is 64.2 Å². The highest BCUT2D eigenvalue weighted by atomic mass is 16.1. The van der Waals surface area contributed by atoms with Crippen LogP contribution in [-0.2, 0) is 5.41 Å². The Balaban J connectivity index is 1.37. The van der Waals surface area contributed by atoms with Crippen molar-refractivity contribution < 1.29 is 4.79 Å². The SMILES string of the molecule is O=C(NC1CCCCCC1)c1cn(-c2ccccc2)nc1C12CC3CC(CC(C3)C1)C2. The van der Waals surface area contributed by atoms with Crippen molar-refractivity contribution in [2.45, 2.75) is 88.5 Å². The lowest BCUT2D eigenvalue weighted by molar-refractivity contribution is -0.00771. The second-order valence-corrected chi connectivity index (χ2v) is 11.0. The fourth-order valence-electron chi connectivity index (χ4n) is 7.73. The fraction of sp³-hybridized carbons (Fsp3) is 0.630. The lowest BCUT2D eigenvalue weighted by Gasteiger charge is -2.56. The van der Waals surface area contributed by atoms with Crippen LogP contribution in [0.3, 0.4) is 0 Å². The molecule has 164 valence electrons. The van der Waals surface area contributed by atoms with Gasteiger partial charge in [0.25, 0.3) is 5.91 Å². The molecule has 0 spiro atoms. The molecule has 5 aliphatic carbocycles. The standard InChI is InChI=1S/C27H35N3O/c31-26(28-22-8-4-1-2-5-9-22)24-18-30(23-10-6-3-7-11-23)29-25(24)27-15-19-12-20(16-27)14-21(13-19)17-27/h3,6-7,10-11,18-22H,1-2,4-5,8-9,12-17H2,(H,28,31). The summed E-state index contributed by atoms with van der Waals surface area (Å²) in [6.07, 6.45) is 17.2. The van der Waals surface area contributed by atoms with Crippen molar-refractivity contribution in [1.29, 1.82) is 0 Å². The molecule has 1 amide bonds. The van der Waals surface area contributed by atoms with Gasteiger partial charge in [-0.2, -0.15) is 5.10 Å². The Morgan fingerprint density at radius 1 is 0.903 bits per heavy atom. The molecule has 1 N–H and O–H groups in total. The van der Waals surface area contributed by atoms with Gasteiger partial charge in [-0.1, -0.05) is 43.9 Å². The van der Waals surface area contributed by atoms with Gasteiger partial charge >= 0.3 is 0 Å². The molecule has 5 saturated carbocycles. The van der Waals surface area contributed by atoms with Gasteiger partial charge in [-0.25, -0.2) is 4.68 Å². The first-order chi connectivity index (χ1) is 15.2. The zero-order valence-electron chi connectivity index (χ0n) is 18.6. The molecule has 0 saturated heterocycles. The van der Waals surface area contributed by atoms with E-state index in [1.807, 2.05) is 29.1 Å². The van der Waals surface area contributed by atoms with E-state index in [9.17, 15) is 4.79 Å². The fourth-order valence-corrected chi connectivity index (χ4v) is 7.73. The molecule has 4 bridgehead atoms. The first-order valence-electron chi connectivity index (χ1n) is 12.6. The number of hydrogen-bond donors (Lipinski definition) is 1. The van der Waals surface area contributed by atoms with E-state index in [0.717, 1.165) is 47.5 Å². The predicted molar refractivity (Wildman–Crippen MR) is 122 cm³/mol. The highest BCUT2D eigenvalue weighted by molar-refractivity contribution is 5.95. The Bertz CT molecular complexity index is 903. The van der Waals surface area contributed by atoms with Crippen LogP contribution in [0.25, 0.3) is 5.69 Å². The number of hydrogen-bond acceptors (Lipinski definition) is 2. The Morgan fingerprint density at radius 2 is 1.52 bits per heavy atom. The molecule has 0 unspecified atom stereocenters. The van der Waals surface area contributed by atoms with Crippen molar-refractivity contribution in [3.63, 3.8) is 0 Å². The number of carbonyl (C=O) groups is 1. The van der Waals surface area contributed by atoms with Crippen LogP contribution in [0, 0.1) is 17.8 Å². The third-order valence-corrected chi connectivity index (χ3v) is 8.71. The van der Waals surface area contributed by atoms with Gasteiger partial charge in [-0.05, 0) is 81.3 Å². The Hall–Kier alpha value is -2.10. The maximum atomic E-state index is 13.6. The van der Waals surface area contributed by atoms with E-state index in [1.54, 1.807) is 0 Å². The average molecular weight is 418 g/mol.